The predicted octanol–water partition coefficient (Wildman–Crippen LogP) is 2.51. The second kappa shape index (κ2) is 6.59. The van der Waals surface area contributed by atoms with E-state index in [1.807, 2.05) is 17.0 Å². The third-order valence-electron chi connectivity index (χ3n) is 4.86. The molecule has 0 spiro atoms. The highest BCUT2D eigenvalue weighted by Crippen LogP contribution is 2.32. The Hall–Kier alpha value is -3.22. The first-order valence-corrected chi connectivity index (χ1v) is 8.52. The number of benzene rings is 1. The molecule has 7 nitrogen and oxygen atoms in total. The molecule has 0 radical (unpaired) electrons. The Balaban J connectivity index is 1.77. The Morgan fingerprint density at radius 1 is 1.23 bits per heavy atom. The SMILES string of the molecule is O=C(O)C1CCCN(c2cc3cncnc3[nH]2)C1C(=O)c1ccccc1. The molecule has 1 aliphatic heterocycles. The van der Waals surface area contributed by atoms with Crippen LogP contribution < -0.4 is 4.90 Å². The third-order valence-corrected chi connectivity index (χ3v) is 4.86. The van der Waals surface area contributed by atoms with Crippen LogP contribution >= 0.6 is 0 Å². The first-order chi connectivity index (χ1) is 12.6. The van der Waals surface area contributed by atoms with Crippen molar-refractivity contribution in [2.45, 2.75) is 18.9 Å². The van der Waals surface area contributed by atoms with Gasteiger partial charge in [0.05, 0.1) is 5.92 Å². The van der Waals surface area contributed by atoms with Gasteiger partial charge in [-0.15, -0.1) is 0 Å². The Morgan fingerprint density at radius 2 is 2.04 bits per heavy atom. The van der Waals surface area contributed by atoms with Crippen LogP contribution in [0.1, 0.15) is 23.2 Å². The molecule has 1 aromatic carbocycles. The number of hydrogen-bond donors (Lipinski definition) is 2. The maximum Gasteiger partial charge on any atom is 0.309 e. The van der Waals surface area contributed by atoms with Crippen LogP contribution in [0.25, 0.3) is 11.0 Å². The van der Waals surface area contributed by atoms with Crippen LogP contribution in [-0.4, -0.2) is 44.4 Å². The zero-order valence-electron chi connectivity index (χ0n) is 14.0. The van der Waals surface area contributed by atoms with Gasteiger partial charge in [0.25, 0.3) is 0 Å². The van der Waals surface area contributed by atoms with Crippen molar-refractivity contribution < 1.29 is 14.7 Å². The number of piperidine rings is 1. The minimum Gasteiger partial charge on any atom is -0.481 e. The lowest BCUT2D eigenvalue weighted by atomic mass is 9.84. The summed E-state index contributed by atoms with van der Waals surface area (Å²) >= 11 is 0. The van der Waals surface area contributed by atoms with Gasteiger partial charge >= 0.3 is 5.97 Å². The standard InChI is InChI=1S/C19H18N4O3/c24-17(12-5-2-1-3-6-12)16-14(19(25)26)7-4-8-23(16)15-9-13-10-20-11-21-18(13)22-15/h1-3,5-6,9-11,14,16H,4,7-8H2,(H,25,26)(H,20,21,22). The molecule has 1 fully saturated rings. The lowest BCUT2D eigenvalue weighted by Gasteiger charge is -2.39. The first-order valence-electron chi connectivity index (χ1n) is 8.52. The van der Waals surface area contributed by atoms with Gasteiger partial charge in [-0.1, -0.05) is 30.3 Å². The highest BCUT2D eigenvalue weighted by atomic mass is 16.4. The van der Waals surface area contributed by atoms with E-state index in [9.17, 15) is 14.7 Å². The number of rotatable bonds is 4. The van der Waals surface area contributed by atoms with Crippen LogP contribution in [0.5, 0.6) is 0 Å². The van der Waals surface area contributed by atoms with Crippen molar-refractivity contribution in [3.63, 3.8) is 0 Å². The number of aromatic nitrogens is 3. The number of aromatic amines is 1. The van der Waals surface area contributed by atoms with Gasteiger partial charge in [-0.25, -0.2) is 9.97 Å². The molecular formula is C19H18N4O3. The normalized spacial score (nSPS) is 20.2. The molecule has 0 amide bonds. The van der Waals surface area contributed by atoms with Crippen molar-refractivity contribution in [1.82, 2.24) is 15.0 Å². The van der Waals surface area contributed by atoms with E-state index in [1.54, 1.807) is 30.5 Å². The zero-order valence-corrected chi connectivity index (χ0v) is 14.0. The minimum atomic E-state index is -0.945. The molecule has 2 N–H and O–H groups in total. The molecule has 0 bridgehead atoms. The van der Waals surface area contributed by atoms with Gasteiger partial charge in [-0.3, -0.25) is 9.59 Å². The van der Waals surface area contributed by atoms with Gasteiger partial charge in [0.1, 0.15) is 23.8 Å². The maximum absolute atomic E-state index is 13.2. The number of H-pyrrole nitrogens is 1. The first kappa shape index (κ1) is 16.3. The number of carbonyl (C=O) groups excluding carboxylic acids is 1. The number of anilines is 1. The summed E-state index contributed by atoms with van der Waals surface area (Å²) in [6.07, 6.45) is 4.33. The Kier molecular flexibility index (Phi) is 4.12. The molecule has 2 unspecified atom stereocenters. The molecule has 0 aliphatic carbocycles. The second-order valence-corrected chi connectivity index (χ2v) is 6.44. The summed E-state index contributed by atoms with van der Waals surface area (Å²) < 4.78 is 0. The molecule has 0 saturated carbocycles. The number of carboxylic acids is 1. The van der Waals surface area contributed by atoms with Crippen LogP contribution in [0.15, 0.2) is 48.9 Å². The maximum atomic E-state index is 13.2. The Morgan fingerprint density at radius 3 is 2.77 bits per heavy atom. The molecule has 132 valence electrons. The Labute approximate surface area is 149 Å². The van der Waals surface area contributed by atoms with Crippen LogP contribution in [0.2, 0.25) is 0 Å². The molecule has 1 aliphatic rings. The number of fused-ring (bicyclic) bond motifs is 1. The number of carboxylic acid groups (broad SMARTS) is 1. The fraction of sp³-hybridized carbons (Fsp3) is 0.263. The number of aliphatic carboxylic acids is 1. The number of nitrogens with zero attached hydrogens (tertiary/aromatic N) is 3. The second-order valence-electron chi connectivity index (χ2n) is 6.44. The van der Waals surface area contributed by atoms with E-state index in [0.29, 0.717) is 36.4 Å². The summed E-state index contributed by atoms with van der Waals surface area (Å²) in [5.41, 5.74) is 1.19. The average Bonchev–Trinajstić information content (AvgIpc) is 3.11. The Bertz CT molecular complexity index is 921. The van der Waals surface area contributed by atoms with E-state index in [0.717, 1.165) is 5.39 Å². The van der Waals surface area contributed by atoms with Crippen molar-refractivity contribution in [3.05, 3.63) is 54.5 Å². The van der Waals surface area contributed by atoms with Crippen LogP contribution in [-0.2, 0) is 4.79 Å². The van der Waals surface area contributed by atoms with Crippen molar-refractivity contribution in [3.8, 4) is 0 Å². The van der Waals surface area contributed by atoms with Crippen molar-refractivity contribution in [2.24, 2.45) is 5.92 Å². The molecule has 2 atom stereocenters. The molecule has 3 heterocycles. The summed E-state index contributed by atoms with van der Waals surface area (Å²) in [5, 5.41) is 10.5. The molecule has 26 heavy (non-hydrogen) atoms. The molecule has 2 aromatic heterocycles. The summed E-state index contributed by atoms with van der Waals surface area (Å²) in [4.78, 5) is 38.2. The smallest absolute Gasteiger partial charge is 0.309 e. The van der Waals surface area contributed by atoms with Gasteiger partial charge < -0.3 is 15.0 Å². The third kappa shape index (κ3) is 2.81. The lowest BCUT2D eigenvalue weighted by molar-refractivity contribution is -0.142. The summed E-state index contributed by atoms with van der Waals surface area (Å²) in [7, 11) is 0. The van der Waals surface area contributed by atoms with Gasteiger partial charge in [0.2, 0.25) is 0 Å². The van der Waals surface area contributed by atoms with Gasteiger partial charge in [0, 0.05) is 23.7 Å². The topological polar surface area (TPSA) is 99.2 Å². The van der Waals surface area contributed by atoms with Gasteiger partial charge in [0.15, 0.2) is 5.78 Å². The predicted molar refractivity (Wildman–Crippen MR) is 96.2 cm³/mol. The monoisotopic (exact) mass is 350 g/mol. The number of carbonyl (C=O) groups is 2. The van der Waals surface area contributed by atoms with Gasteiger partial charge in [-0.05, 0) is 18.9 Å². The lowest BCUT2D eigenvalue weighted by Crippen LogP contribution is -2.52. The number of Topliss-reactive ketones (excluding diaryl/α,β-unsaturated/α-hetero) is 1. The van der Waals surface area contributed by atoms with Crippen molar-refractivity contribution in [2.75, 3.05) is 11.4 Å². The number of hydrogen-bond acceptors (Lipinski definition) is 5. The fourth-order valence-electron chi connectivity index (χ4n) is 3.63. The summed E-state index contributed by atoms with van der Waals surface area (Å²) in [6.45, 7) is 0.604. The quantitative estimate of drug-likeness (QED) is 0.702. The minimum absolute atomic E-state index is 0.178. The van der Waals surface area contributed by atoms with E-state index in [4.69, 9.17) is 0 Å². The van der Waals surface area contributed by atoms with E-state index in [1.165, 1.54) is 6.33 Å². The highest BCUT2D eigenvalue weighted by Gasteiger charge is 2.41. The van der Waals surface area contributed by atoms with E-state index < -0.39 is 17.9 Å². The summed E-state index contributed by atoms with van der Waals surface area (Å²) in [5.74, 6) is -1.18. The molecule has 1 saturated heterocycles. The molecule has 7 heteroatoms. The highest BCUT2D eigenvalue weighted by molar-refractivity contribution is 6.04. The number of nitrogens with one attached hydrogen (secondary N) is 1. The van der Waals surface area contributed by atoms with Crippen LogP contribution in [0.3, 0.4) is 0 Å². The average molecular weight is 350 g/mol. The fourth-order valence-corrected chi connectivity index (χ4v) is 3.63. The molecule has 4 rings (SSSR count). The number of ketones is 1. The van der Waals surface area contributed by atoms with Gasteiger partial charge in [-0.2, -0.15) is 0 Å². The van der Waals surface area contributed by atoms with Crippen LogP contribution in [0, 0.1) is 5.92 Å². The summed E-state index contributed by atoms with van der Waals surface area (Å²) in [6, 6.07) is 9.97. The molecule has 3 aromatic rings. The van der Waals surface area contributed by atoms with E-state index in [-0.39, 0.29) is 5.78 Å². The van der Waals surface area contributed by atoms with Crippen LogP contribution in [0.4, 0.5) is 5.82 Å². The largest absolute Gasteiger partial charge is 0.481 e. The zero-order chi connectivity index (χ0) is 18.1. The van der Waals surface area contributed by atoms with Crippen molar-refractivity contribution >= 4 is 28.6 Å². The van der Waals surface area contributed by atoms with Crippen molar-refractivity contribution in [1.29, 1.82) is 0 Å². The van der Waals surface area contributed by atoms with E-state index >= 15 is 0 Å². The molecular weight excluding hydrogens is 332 g/mol. The van der Waals surface area contributed by atoms with E-state index in [2.05, 4.69) is 15.0 Å².